The fourth-order valence-electron chi connectivity index (χ4n) is 1.80. The Kier molecular flexibility index (Phi) is 5.31. The first-order valence-electron chi connectivity index (χ1n) is 5.56. The maximum absolute atomic E-state index is 11.9. The summed E-state index contributed by atoms with van der Waals surface area (Å²) >= 11 is 0. The zero-order chi connectivity index (χ0) is 12.4. The fraction of sp³-hybridized carbons (Fsp3) is 0.500. The smallest absolute Gasteiger partial charge is 0.387 e. The molecule has 0 aliphatic heterocycles. The highest BCUT2D eigenvalue weighted by atomic mass is 35.5. The summed E-state index contributed by atoms with van der Waals surface area (Å²) in [5.74, 6) is 0.374. The highest BCUT2D eigenvalue weighted by Gasteiger charge is 2.34. The van der Waals surface area contributed by atoms with Crippen LogP contribution >= 0.6 is 12.4 Å². The van der Waals surface area contributed by atoms with Crippen LogP contribution in [0.25, 0.3) is 0 Å². The van der Waals surface area contributed by atoms with Gasteiger partial charge < -0.3 is 15.6 Å². The second kappa shape index (κ2) is 6.31. The third kappa shape index (κ3) is 3.80. The van der Waals surface area contributed by atoms with Gasteiger partial charge in [-0.2, -0.15) is 8.78 Å². The lowest BCUT2D eigenvalue weighted by atomic mass is 9.99. The Morgan fingerprint density at radius 2 is 1.78 bits per heavy atom. The van der Waals surface area contributed by atoms with Crippen LogP contribution in [0.5, 0.6) is 5.75 Å². The Morgan fingerprint density at radius 3 is 2.22 bits per heavy atom. The van der Waals surface area contributed by atoms with Crippen molar-refractivity contribution in [3.05, 3.63) is 29.8 Å². The standard InChI is InChI=1S/C12H15F2NO2.ClH/c13-12(14)17-9-5-3-7(4-6-9)10(15)11(16)8-1-2-8;/h3-6,8,10-12,16H,1-2,15H2;1H/t10-,11+;/m0./s1. The van der Waals surface area contributed by atoms with E-state index < -0.39 is 18.8 Å². The molecule has 2 rings (SSSR count). The topological polar surface area (TPSA) is 55.5 Å². The Hall–Kier alpha value is -0.910. The van der Waals surface area contributed by atoms with E-state index in [-0.39, 0.29) is 24.1 Å². The molecule has 0 spiro atoms. The number of nitrogens with two attached hydrogens (primary N) is 1. The summed E-state index contributed by atoms with van der Waals surface area (Å²) in [5.41, 5.74) is 6.62. The molecular formula is C12H16ClF2NO2. The molecule has 1 aliphatic carbocycles. The average Bonchev–Trinajstić information content (AvgIpc) is 3.11. The molecule has 3 N–H and O–H groups in total. The first kappa shape index (κ1) is 15.1. The maximum atomic E-state index is 11.9. The average molecular weight is 280 g/mol. The summed E-state index contributed by atoms with van der Waals surface area (Å²) in [6.07, 6.45) is 1.44. The molecule has 0 amide bonds. The number of halogens is 3. The molecular weight excluding hydrogens is 264 g/mol. The highest BCUT2D eigenvalue weighted by molar-refractivity contribution is 5.85. The van der Waals surface area contributed by atoms with Crippen LogP contribution in [0.1, 0.15) is 24.4 Å². The van der Waals surface area contributed by atoms with E-state index in [9.17, 15) is 13.9 Å². The molecule has 0 unspecified atom stereocenters. The van der Waals surface area contributed by atoms with Crippen LogP contribution in [0.2, 0.25) is 0 Å². The molecule has 1 aliphatic rings. The van der Waals surface area contributed by atoms with E-state index in [0.717, 1.165) is 18.4 Å². The van der Waals surface area contributed by atoms with E-state index in [2.05, 4.69) is 4.74 Å². The van der Waals surface area contributed by atoms with E-state index in [1.807, 2.05) is 0 Å². The Balaban J connectivity index is 0.00000162. The molecule has 2 atom stereocenters. The van der Waals surface area contributed by atoms with Crippen molar-refractivity contribution in [1.82, 2.24) is 0 Å². The highest BCUT2D eigenvalue weighted by Crippen LogP contribution is 2.37. The molecule has 0 bridgehead atoms. The van der Waals surface area contributed by atoms with Gasteiger partial charge in [-0.1, -0.05) is 12.1 Å². The number of aliphatic hydroxyl groups excluding tert-OH is 1. The minimum absolute atomic E-state index is 0. The summed E-state index contributed by atoms with van der Waals surface area (Å²) in [6.45, 7) is -2.83. The maximum Gasteiger partial charge on any atom is 0.387 e. The van der Waals surface area contributed by atoms with Crippen LogP contribution in [-0.2, 0) is 0 Å². The minimum atomic E-state index is -2.83. The fourth-order valence-corrected chi connectivity index (χ4v) is 1.80. The van der Waals surface area contributed by atoms with Gasteiger partial charge in [-0.05, 0) is 36.5 Å². The van der Waals surface area contributed by atoms with Crippen molar-refractivity contribution in [1.29, 1.82) is 0 Å². The number of alkyl halides is 2. The lowest BCUT2D eigenvalue weighted by Crippen LogP contribution is -2.27. The van der Waals surface area contributed by atoms with Crippen molar-refractivity contribution < 1.29 is 18.6 Å². The predicted octanol–water partition coefficient (Wildman–Crippen LogP) is 2.48. The molecule has 102 valence electrons. The first-order chi connectivity index (χ1) is 8.08. The van der Waals surface area contributed by atoms with Crippen molar-refractivity contribution >= 4 is 12.4 Å². The minimum Gasteiger partial charge on any atom is -0.435 e. The Labute approximate surface area is 110 Å². The van der Waals surface area contributed by atoms with Gasteiger partial charge >= 0.3 is 6.61 Å². The van der Waals surface area contributed by atoms with Gasteiger partial charge in [0.2, 0.25) is 0 Å². The largest absolute Gasteiger partial charge is 0.435 e. The van der Waals surface area contributed by atoms with Gasteiger partial charge in [-0.15, -0.1) is 12.4 Å². The monoisotopic (exact) mass is 279 g/mol. The van der Waals surface area contributed by atoms with Gasteiger partial charge in [0.25, 0.3) is 0 Å². The number of rotatable bonds is 5. The molecule has 3 nitrogen and oxygen atoms in total. The number of aliphatic hydroxyl groups is 1. The van der Waals surface area contributed by atoms with E-state index in [1.54, 1.807) is 12.1 Å². The van der Waals surface area contributed by atoms with Crippen LogP contribution in [0.3, 0.4) is 0 Å². The third-order valence-electron chi connectivity index (χ3n) is 2.96. The molecule has 0 aromatic heterocycles. The Morgan fingerprint density at radius 1 is 1.22 bits per heavy atom. The van der Waals surface area contributed by atoms with Gasteiger partial charge in [0, 0.05) is 0 Å². The second-order valence-electron chi connectivity index (χ2n) is 4.30. The summed E-state index contributed by atoms with van der Waals surface area (Å²) < 4.78 is 28.1. The zero-order valence-corrected chi connectivity index (χ0v) is 10.4. The van der Waals surface area contributed by atoms with E-state index in [0.29, 0.717) is 0 Å². The van der Waals surface area contributed by atoms with Gasteiger partial charge in [0.15, 0.2) is 0 Å². The summed E-state index contributed by atoms with van der Waals surface area (Å²) in [6, 6.07) is 5.60. The van der Waals surface area contributed by atoms with Gasteiger partial charge in [-0.3, -0.25) is 0 Å². The van der Waals surface area contributed by atoms with Crippen molar-refractivity contribution in [3.8, 4) is 5.75 Å². The molecule has 0 heterocycles. The predicted molar refractivity (Wildman–Crippen MR) is 66.0 cm³/mol. The Bertz CT molecular complexity index is 371. The molecule has 1 saturated carbocycles. The van der Waals surface area contributed by atoms with Crippen LogP contribution in [0, 0.1) is 5.92 Å². The van der Waals surface area contributed by atoms with Crippen LogP contribution < -0.4 is 10.5 Å². The quantitative estimate of drug-likeness (QED) is 0.871. The zero-order valence-electron chi connectivity index (χ0n) is 9.63. The van der Waals surface area contributed by atoms with Crippen LogP contribution in [0.15, 0.2) is 24.3 Å². The van der Waals surface area contributed by atoms with E-state index >= 15 is 0 Å². The van der Waals surface area contributed by atoms with Crippen molar-refractivity contribution in [2.75, 3.05) is 0 Å². The molecule has 1 aromatic carbocycles. The lowest BCUT2D eigenvalue weighted by molar-refractivity contribution is -0.0498. The summed E-state index contributed by atoms with van der Waals surface area (Å²) in [4.78, 5) is 0. The van der Waals surface area contributed by atoms with Crippen molar-refractivity contribution in [2.45, 2.75) is 31.6 Å². The van der Waals surface area contributed by atoms with Gasteiger partial charge in [0.1, 0.15) is 5.75 Å². The molecule has 0 saturated heterocycles. The van der Waals surface area contributed by atoms with Crippen molar-refractivity contribution in [2.24, 2.45) is 11.7 Å². The molecule has 1 fully saturated rings. The molecule has 6 heteroatoms. The number of benzene rings is 1. The van der Waals surface area contributed by atoms with Crippen LogP contribution in [-0.4, -0.2) is 17.8 Å². The second-order valence-corrected chi connectivity index (χ2v) is 4.30. The third-order valence-corrected chi connectivity index (χ3v) is 2.96. The van der Waals surface area contributed by atoms with Crippen molar-refractivity contribution in [3.63, 3.8) is 0 Å². The summed E-state index contributed by atoms with van der Waals surface area (Å²) in [5, 5.41) is 9.85. The lowest BCUT2D eigenvalue weighted by Gasteiger charge is -2.19. The SMILES string of the molecule is Cl.N[C@@H](c1ccc(OC(F)F)cc1)[C@H](O)C1CC1. The van der Waals surface area contributed by atoms with Crippen LogP contribution in [0.4, 0.5) is 8.78 Å². The van der Waals surface area contributed by atoms with E-state index in [1.165, 1.54) is 12.1 Å². The van der Waals surface area contributed by atoms with Gasteiger partial charge in [-0.25, -0.2) is 0 Å². The molecule has 1 aromatic rings. The number of ether oxygens (including phenoxy) is 1. The summed E-state index contributed by atoms with van der Waals surface area (Å²) in [7, 11) is 0. The van der Waals surface area contributed by atoms with Gasteiger partial charge in [0.05, 0.1) is 12.1 Å². The molecule has 0 radical (unpaired) electrons. The normalized spacial score (nSPS) is 18.1. The molecule has 18 heavy (non-hydrogen) atoms. The number of hydrogen-bond donors (Lipinski definition) is 2. The first-order valence-corrected chi connectivity index (χ1v) is 5.56. The van der Waals surface area contributed by atoms with E-state index in [4.69, 9.17) is 5.73 Å². The number of hydrogen-bond acceptors (Lipinski definition) is 3.